The van der Waals surface area contributed by atoms with E-state index >= 15 is 0 Å². The number of fused-ring (bicyclic) bond motifs is 1. The molecule has 0 saturated carbocycles. The van der Waals surface area contributed by atoms with Crippen LogP contribution in [0.25, 0.3) is 0 Å². The van der Waals surface area contributed by atoms with Crippen LogP contribution in [-0.2, 0) is 16.3 Å². The van der Waals surface area contributed by atoms with Crippen LogP contribution in [0.4, 0.5) is 10.1 Å². The standard InChI is InChI=1S/C16H16FN5O3S/c17-13-4-2-10(5-9(13)6-18)21-16(24)15-12-3-1-11(8-23)22-26(19,25)14(12)7-20-15/h2,4-5,7,11,20,23H,1,3,8H2,(H,21,24)(H2,19,22,25)/t11-,26?/m1/s1. The van der Waals surface area contributed by atoms with Gasteiger partial charge in [0, 0.05) is 23.5 Å². The number of aromatic nitrogens is 1. The number of aliphatic hydroxyl groups is 1. The van der Waals surface area contributed by atoms with Crippen molar-refractivity contribution < 1.29 is 18.5 Å². The summed E-state index contributed by atoms with van der Waals surface area (Å²) < 4.78 is 36.5. The molecule has 1 unspecified atom stereocenters. The number of nitrogens with zero attached hydrogens (tertiary/aromatic N) is 1. The number of rotatable bonds is 3. The molecule has 136 valence electrons. The highest BCUT2D eigenvalue weighted by Crippen LogP contribution is 2.26. The molecule has 5 N–H and O–H groups in total. The van der Waals surface area contributed by atoms with Crippen molar-refractivity contribution in [3.63, 3.8) is 0 Å². The van der Waals surface area contributed by atoms with Crippen LogP contribution in [0, 0.1) is 21.9 Å². The molecule has 0 fully saturated rings. The van der Waals surface area contributed by atoms with Crippen LogP contribution in [0.1, 0.15) is 28.0 Å². The van der Waals surface area contributed by atoms with Crippen LogP contribution in [0.15, 0.2) is 29.3 Å². The maximum Gasteiger partial charge on any atom is 0.272 e. The first-order valence-corrected chi connectivity index (χ1v) is 9.29. The molecule has 2 atom stereocenters. The number of anilines is 1. The van der Waals surface area contributed by atoms with Crippen molar-refractivity contribution in [1.82, 2.24) is 9.71 Å². The number of aliphatic hydroxyl groups excluding tert-OH is 1. The first kappa shape index (κ1) is 18.1. The van der Waals surface area contributed by atoms with E-state index < -0.39 is 27.7 Å². The summed E-state index contributed by atoms with van der Waals surface area (Å²) in [6.45, 7) is -0.266. The molecule has 0 radical (unpaired) electrons. The van der Waals surface area contributed by atoms with Crippen molar-refractivity contribution in [2.45, 2.75) is 23.8 Å². The Labute approximate surface area is 149 Å². The van der Waals surface area contributed by atoms with Gasteiger partial charge in [0.05, 0.1) is 17.1 Å². The Morgan fingerprint density at radius 2 is 2.31 bits per heavy atom. The maximum atomic E-state index is 13.4. The molecule has 0 aliphatic carbocycles. The zero-order valence-electron chi connectivity index (χ0n) is 13.5. The van der Waals surface area contributed by atoms with Crippen molar-refractivity contribution in [3.8, 4) is 6.07 Å². The molecule has 0 saturated heterocycles. The fraction of sp³-hybridized carbons (Fsp3) is 0.250. The Kier molecular flexibility index (Phi) is 4.78. The van der Waals surface area contributed by atoms with Gasteiger partial charge in [-0.2, -0.15) is 5.26 Å². The minimum Gasteiger partial charge on any atom is -0.395 e. The Balaban J connectivity index is 1.91. The number of nitrogens with one attached hydrogen (secondary N) is 4. The maximum absolute atomic E-state index is 13.4. The molecular formula is C16H16FN5O3S. The van der Waals surface area contributed by atoms with Crippen LogP contribution in [0.3, 0.4) is 0 Å². The summed E-state index contributed by atoms with van der Waals surface area (Å²) >= 11 is 0. The first-order chi connectivity index (χ1) is 12.4. The average molecular weight is 377 g/mol. The van der Waals surface area contributed by atoms with Crippen molar-refractivity contribution >= 4 is 21.5 Å². The van der Waals surface area contributed by atoms with Gasteiger partial charge in [0.1, 0.15) is 27.5 Å². The van der Waals surface area contributed by atoms with Gasteiger partial charge in [-0.15, -0.1) is 0 Å². The highest BCUT2D eigenvalue weighted by molar-refractivity contribution is 7.90. The molecule has 26 heavy (non-hydrogen) atoms. The number of nitriles is 1. The number of halogens is 1. The van der Waals surface area contributed by atoms with E-state index in [9.17, 15) is 18.5 Å². The lowest BCUT2D eigenvalue weighted by Crippen LogP contribution is -2.35. The Bertz CT molecular complexity index is 1010. The molecule has 2 heterocycles. The molecule has 1 aromatic heterocycles. The van der Waals surface area contributed by atoms with E-state index in [1.54, 1.807) is 6.07 Å². The number of benzene rings is 1. The Hall–Kier alpha value is -2.74. The number of amides is 1. The summed E-state index contributed by atoms with van der Waals surface area (Å²) in [4.78, 5) is 15.5. The summed E-state index contributed by atoms with van der Waals surface area (Å²) in [6.07, 6.45) is 2.10. The number of hydrogen-bond acceptors (Lipinski definition) is 5. The Morgan fingerprint density at radius 3 is 3.00 bits per heavy atom. The number of hydrogen-bond donors (Lipinski definition) is 5. The summed E-state index contributed by atoms with van der Waals surface area (Å²) in [7, 11) is -3.36. The largest absolute Gasteiger partial charge is 0.395 e. The van der Waals surface area contributed by atoms with Gasteiger partial charge >= 0.3 is 0 Å². The van der Waals surface area contributed by atoms with Gasteiger partial charge in [0.25, 0.3) is 5.91 Å². The van der Waals surface area contributed by atoms with E-state index in [1.807, 2.05) is 0 Å². The number of H-pyrrole nitrogens is 1. The summed E-state index contributed by atoms with van der Waals surface area (Å²) in [5.41, 5.74) is 0.622. The minimum absolute atomic E-state index is 0.142. The summed E-state index contributed by atoms with van der Waals surface area (Å²) in [5, 5.41) is 20.7. The van der Waals surface area contributed by atoms with Gasteiger partial charge in [-0.1, -0.05) is 0 Å². The Morgan fingerprint density at radius 1 is 1.54 bits per heavy atom. The predicted octanol–water partition coefficient (Wildman–Crippen LogP) is 1.50. The van der Waals surface area contributed by atoms with E-state index in [0.717, 1.165) is 6.07 Å². The van der Waals surface area contributed by atoms with Crippen LogP contribution in [0.2, 0.25) is 0 Å². The first-order valence-electron chi connectivity index (χ1n) is 7.74. The molecule has 1 amide bonds. The third-order valence-electron chi connectivity index (χ3n) is 4.12. The average Bonchev–Trinajstić information content (AvgIpc) is 3.00. The molecule has 2 aromatic rings. The zero-order chi connectivity index (χ0) is 18.9. The van der Waals surface area contributed by atoms with Gasteiger partial charge in [-0.3, -0.25) is 4.79 Å². The molecule has 8 nitrogen and oxygen atoms in total. The predicted molar refractivity (Wildman–Crippen MR) is 91.3 cm³/mol. The normalized spacial score (nSPS) is 22.1. The minimum atomic E-state index is -3.36. The third-order valence-corrected chi connectivity index (χ3v) is 5.77. The molecule has 0 bridgehead atoms. The number of aromatic amines is 1. The molecular weight excluding hydrogens is 361 g/mol. The van der Waals surface area contributed by atoms with Crippen molar-refractivity contribution in [1.29, 1.82) is 10.0 Å². The summed E-state index contributed by atoms with van der Waals surface area (Å²) in [5.74, 6) is -1.24. The quantitative estimate of drug-likeness (QED) is 0.552. The topological polar surface area (TPSA) is 142 Å². The van der Waals surface area contributed by atoms with Crippen molar-refractivity contribution in [2.24, 2.45) is 0 Å². The van der Waals surface area contributed by atoms with E-state index in [4.69, 9.17) is 10.0 Å². The van der Waals surface area contributed by atoms with Crippen LogP contribution in [0.5, 0.6) is 0 Å². The molecule has 10 heteroatoms. The lowest BCUT2D eigenvalue weighted by Gasteiger charge is -2.13. The van der Waals surface area contributed by atoms with Crippen molar-refractivity contribution in [3.05, 3.63) is 47.0 Å². The summed E-state index contributed by atoms with van der Waals surface area (Å²) in [6, 6.07) is 4.81. The second-order valence-electron chi connectivity index (χ2n) is 5.86. The van der Waals surface area contributed by atoms with Gasteiger partial charge in [-0.05, 0) is 31.0 Å². The van der Waals surface area contributed by atoms with Gasteiger partial charge in [0.2, 0.25) is 0 Å². The van der Waals surface area contributed by atoms with E-state index in [-0.39, 0.29) is 28.4 Å². The highest BCUT2D eigenvalue weighted by Gasteiger charge is 2.29. The SMILES string of the molecule is N#Cc1cc(NC(=O)c2[nH]cc3c2CC[C@H](CO)NS3(=N)=O)ccc1F. The monoisotopic (exact) mass is 377 g/mol. The van der Waals surface area contributed by atoms with Crippen LogP contribution in [-0.4, -0.2) is 32.9 Å². The lowest BCUT2D eigenvalue weighted by atomic mass is 10.1. The van der Waals surface area contributed by atoms with Gasteiger partial charge in [0.15, 0.2) is 0 Å². The molecule has 1 aromatic carbocycles. The van der Waals surface area contributed by atoms with Crippen molar-refractivity contribution in [2.75, 3.05) is 11.9 Å². The van der Waals surface area contributed by atoms with Crippen LogP contribution < -0.4 is 10.0 Å². The third kappa shape index (κ3) is 3.32. The zero-order valence-corrected chi connectivity index (χ0v) is 14.3. The number of carbonyl (C=O) groups is 1. The van der Waals surface area contributed by atoms with E-state index in [2.05, 4.69) is 15.0 Å². The molecule has 0 spiro atoms. The van der Waals surface area contributed by atoms with Gasteiger partial charge < -0.3 is 15.4 Å². The van der Waals surface area contributed by atoms with E-state index in [0.29, 0.717) is 18.4 Å². The highest BCUT2D eigenvalue weighted by atomic mass is 32.2. The molecule has 3 rings (SSSR count). The fourth-order valence-electron chi connectivity index (χ4n) is 2.83. The molecule has 1 aliphatic rings. The molecule has 1 aliphatic heterocycles. The van der Waals surface area contributed by atoms with Crippen LogP contribution >= 0.6 is 0 Å². The smallest absolute Gasteiger partial charge is 0.272 e. The lowest BCUT2D eigenvalue weighted by molar-refractivity contribution is 0.102. The second-order valence-corrected chi connectivity index (χ2v) is 7.65. The van der Waals surface area contributed by atoms with Gasteiger partial charge in [-0.25, -0.2) is 18.1 Å². The van der Waals surface area contributed by atoms with E-state index in [1.165, 1.54) is 18.3 Å². The second kappa shape index (κ2) is 6.87. The fourth-order valence-corrected chi connectivity index (χ4v) is 4.39. The number of carbonyl (C=O) groups excluding carboxylic acids is 1.